The molecule has 0 aromatic carbocycles. The van der Waals surface area contributed by atoms with Gasteiger partial charge in [-0.05, 0) is 37.8 Å². The third kappa shape index (κ3) is 3.72. The monoisotopic (exact) mass is 248 g/mol. The van der Waals surface area contributed by atoms with Crippen molar-refractivity contribution in [3.05, 3.63) is 23.9 Å². The van der Waals surface area contributed by atoms with Gasteiger partial charge in [-0.15, -0.1) is 0 Å². The Balaban J connectivity index is 1.96. The number of hydrogen-bond donors (Lipinski definition) is 1. The molecule has 0 spiro atoms. The highest BCUT2D eigenvalue weighted by Crippen LogP contribution is 2.22. The van der Waals surface area contributed by atoms with E-state index in [1.807, 2.05) is 19.1 Å². The predicted molar refractivity (Wildman–Crippen MR) is 69.5 cm³/mol. The van der Waals surface area contributed by atoms with Crippen LogP contribution < -0.4 is 10.1 Å². The van der Waals surface area contributed by atoms with Crippen LogP contribution in [0.5, 0.6) is 5.88 Å². The summed E-state index contributed by atoms with van der Waals surface area (Å²) < 4.78 is 5.93. The second kappa shape index (κ2) is 6.38. The molecule has 1 N–H and O–H groups in total. The van der Waals surface area contributed by atoms with Crippen molar-refractivity contribution < 1.29 is 9.53 Å². The molecular weight excluding hydrogens is 228 g/mol. The van der Waals surface area contributed by atoms with Crippen molar-refractivity contribution in [3.8, 4) is 5.88 Å². The summed E-state index contributed by atoms with van der Waals surface area (Å²) in [5.74, 6) is 0.687. The Morgan fingerprint density at radius 2 is 2.28 bits per heavy atom. The van der Waals surface area contributed by atoms with Crippen LogP contribution in [0.3, 0.4) is 0 Å². The Kier molecular flexibility index (Phi) is 4.56. The van der Waals surface area contributed by atoms with Gasteiger partial charge in [0.05, 0.1) is 0 Å². The van der Waals surface area contributed by atoms with Crippen LogP contribution in [0.4, 0.5) is 0 Å². The van der Waals surface area contributed by atoms with Crippen molar-refractivity contribution in [3.63, 3.8) is 0 Å². The van der Waals surface area contributed by atoms with Gasteiger partial charge in [-0.1, -0.05) is 6.42 Å². The third-order valence-corrected chi connectivity index (χ3v) is 3.36. The molecule has 0 radical (unpaired) electrons. The summed E-state index contributed by atoms with van der Waals surface area (Å²) in [5.41, 5.74) is 1.15. The molecule has 1 aromatic heterocycles. The first-order valence-corrected chi connectivity index (χ1v) is 6.57. The number of hydrogen-bond acceptors (Lipinski definition) is 3. The van der Waals surface area contributed by atoms with E-state index in [2.05, 4.69) is 10.3 Å². The summed E-state index contributed by atoms with van der Waals surface area (Å²) in [6.07, 6.45) is 7.95. The van der Waals surface area contributed by atoms with Crippen LogP contribution in [-0.4, -0.2) is 23.5 Å². The molecule has 0 saturated heterocycles. The zero-order valence-corrected chi connectivity index (χ0v) is 10.8. The average Bonchev–Trinajstić information content (AvgIpc) is 2.55. The zero-order valence-electron chi connectivity index (χ0n) is 10.8. The number of aryl methyl sites for hydroxylation is 1. The quantitative estimate of drug-likeness (QED) is 0.656. The van der Waals surface area contributed by atoms with E-state index in [0.29, 0.717) is 5.88 Å². The van der Waals surface area contributed by atoms with Crippen LogP contribution in [-0.2, 0) is 4.79 Å². The van der Waals surface area contributed by atoms with E-state index in [-0.39, 0.29) is 12.1 Å². The van der Waals surface area contributed by atoms with Crippen molar-refractivity contribution in [2.45, 2.75) is 51.2 Å². The highest BCUT2D eigenvalue weighted by molar-refractivity contribution is 5.46. The van der Waals surface area contributed by atoms with Crippen molar-refractivity contribution in [1.29, 1.82) is 0 Å². The number of ether oxygens (including phenoxy) is 1. The van der Waals surface area contributed by atoms with Gasteiger partial charge in [0.15, 0.2) is 0 Å². The Morgan fingerprint density at radius 3 is 3.06 bits per heavy atom. The smallest absolute Gasteiger partial charge is 0.213 e. The Hall–Kier alpha value is -1.58. The number of rotatable bonds is 4. The van der Waals surface area contributed by atoms with Gasteiger partial charge in [-0.3, -0.25) is 4.79 Å². The highest BCUT2D eigenvalue weighted by Gasteiger charge is 2.21. The van der Waals surface area contributed by atoms with Crippen LogP contribution in [0.1, 0.15) is 37.7 Å². The zero-order chi connectivity index (χ0) is 12.8. The number of amides is 1. The van der Waals surface area contributed by atoms with Crippen LogP contribution in [0.15, 0.2) is 18.3 Å². The molecule has 1 saturated carbocycles. The fourth-order valence-electron chi connectivity index (χ4n) is 2.41. The van der Waals surface area contributed by atoms with Gasteiger partial charge in [0.25, 0.3) is 0 Å². The van der Waals surface area contributed by atoms with Crippen molar-refractivity contribution in [2.75, 3.05) is 0 Å². The van der Waals surface area contributed by atoms with Gasteiger partial charge < -0.3 is 10.1 Å². The maximum atomic E-state index is 10.5. The molecule has 18 heavy (non-hydrogen) atoms. The van der Waals surface area contributed by atoms with E-state index < -0.39 is 0 Å². The van der Waals surface area contributed by atoms with Crippen molar-refractivity contribution >= 4 is 6.41 Å². The first-order valence-electron chi connectivity index (χ1n) is 6.57. The molecule has 2 atom stereocenters. The van der Waals surface area contributed by atoms with Gasteiger partial charge in [0, 0.05) is 24.7 Å². The normalized spacial score (nSPS) is 24.1. The molecular formula is C14H20N2O2. The Labute approximate surface area is 108 Å². The summed E-state index contributed by atoms with van der Waals surface area (Å²) in [6, 6.07) is 4.14. The molecule has 1 aliphatic carbocycles. The molecule has 1 aromatic rings. The van der Waals surface area contributed by atoms with Crippen LogP contribution >= 0.6 is 0 Å². The fourth-order valence-corrected chi connectivity index (χ4v) is 2.41. The Bertz CT molecular complexity index is 395. The molecule has 98 valence electrons. The highest BCUT2D eigenvalue weighted by atomic mass is 16.5. The van der Waals surface area contributed by atoms with Crippen molar-refractivity contribution in [2.24, 2.45) is 0 Å². The summed E-state index contributed by atoms with van der Waals surface area (Å²) >= 11 is 0. The van der Waals surface area contributed by atoms with E-state index in [1.165, 1.54) is 0 Å². The molecule has 0 bridgehead atoms. The van der Waals surface area contributed by atoms with E-state index in [4.69, 9.17) is 4.74 Å². The van der Waals surface area contributed by atoms with E-state index >= 15 is 0 Å². The predicted octanol–water partition coefficient (Wildman–Crippen LogP) is 2.22. The molecule has 1 fully saturated rings. The largest absolute Gasteiger partial charge is 0.474 e. The number of pyridine rings is 1. The third-order valence-electron chi connectivity index (χ3n) is 3.36. The SMILES string of the molecule is Cc1ccnc(OC2CCCCC(NC=O)C2)c1. The fraction of sp³-hybridized carbons (Fsp3) is 0.571. The second-order valence-electron chi connectivity index (χ2n) is 4.91. The van der Waals surface area contributed by atoms with E-state index in [9.17, 15) is 4.79 Å². The maximum Gasteiger partial charge on any atom is 0.213 e. The van der Waals surface area contributed by atoms with Crippen molar-refractivity contribution in [1.82, 2.24) is 10.3 Å². The molecule has 1 heterocycles. The summed E-state index contributed by atoms with van der Waals surface area (Å²) in [7, 11) is 0. The molecule has 2 unspecified atom stereocenters. The van der Waals surface area contributed by atoms with Gasteiger partial charge >= 0.3 is 0 Å². The second-order valence-corrected chi connectivity index (χ2v) is 4.91. The molecule has 1 aliphatic rings. The molecule has 0 aliphatic heterocycles. The molecule has 1 amide bonds. The van der Waals surface area contributed by atoms with Crippen LogP contribution in [0.25, 0.3) is 0 Å². The van der Waals surface area contributed by atoms with Gasteiger partial charge in [-0.2, -0.15) is 0 Å². The first-order chi connectivity index (χ1) is 8.78. The van der Waals surface area contributed by atoms with Gasteiger partial charge in [0.2, 0.25) is 12.3 Å². The lowest BCUT2D eigenvalue weighted by atomic mass is 10.1. The van der Waals surface area contributed by atoms with Crippen LogP contribution in [0, 0.1) is 6.92 Å². The minimum absolute atomic E-state index is 0.152. The van der Waals surface area contributed by atoms with Crippen LogP contribution in [0.2, 0.25) is 0 Å². The number of carbonyl (C=O) groups is 1. The first kappa shape index (κ1) is 12.9. The lowest BCUT2D eigenvalue weighted by Crippen LogP contribution is -2.32. The molecule has 4 nitrogen and oxygen atoms in total. The summed E-state index contributed by atoms with van der Waals surface area (Å²) in [6.45, 7) is 2.03. The topological polar surface area (TPSA) is 51.2 Å². The standard InChI is InChI=1S/C14H20N2O2/c1-11-6-7-15-14(8-11)18-13-5-3-2-4-12(9-13)16-10-17/h6-8,10,12-13H,2-5,9H2,1H3,(H,16,17). The lowest BCUT2D eigenvalue weighted by molar-refractivity contribution is -0.110. The molecule has 4 heteroatoms. The average molecular weight is 248 g/mol. The number of aromatic nitrogens is 1. The number of nitrogens with zero attached hydrogens (tertiary/aromatic N) is 1. The number of nitrogens with one attached hydrogen (secondary N) is 1. The van der Waals surface area contributed by atoms with E-state index in [1.54, 1.807) is 6.20 Å². The maximum absolute atomic E-state index is 10.5. The summed E-state index contributed by atoms with van der Waals surface area (Å²) in [4.78, 5) is 14.8. The minimum Gasteiger partial charge on any atom is -0.474 e. The van der Waals surface area contributed by atoms with Gasteiger partial charge in [0.1, 0.15) is 6.10 Å². The molecule has 2 rings (SSSR count). The van der Waals surface area contributed by atoms with Gasteiger partial charge in [-0.25, -0.2) is 4.98 Å². The summed E-state index contributed by atoms with van der Waals surface area (Å²) in [5, 5.41) is 2.87. The van der Waals surface area contributed by atoms with E-state index in [0.717, 1.165) is 44.1 Å². The Morgan fingerprint density at radius 1 is 1.44 bits per heavy atom. The minimum atomic E-state index is 0.152. The lowest BCUT2D eigenvalue weighted by Gasteiger charge is -2.20. The number of carbonyl (C=O) groups excluding carboxylic acids is 1.